The molecule has 0 atom stereocenters. The van der Waals surface area contributed by atoms with Crippen molar-refractivity contribution in [3.8, 4) is 5.82 Å². The largest absolute Gasteiger partial charge is 0.464 e. The van der Waals surface area contributed by atoms with Crippen LogP contribution in [-0.4, -0.2) is 33.1 Å². The molecule has 0 aromatic carbocycles. The van der Waals surface area contributed by atoms with Gasteiger partial charge in [0.25, 0.3) is 0 Å². The van der Waals surface area contributed by atoms with Crippen LogP contribution in [0, 0.1) is 0 Å². The topological polar surface area (TPSA) is 69.9 Å². The van der Waals surface area contributed by atoms with Gasteiger partial charge in [-0.15, -0.1) is 5.10 Å². The second-order valence-electron chi connectivity index (χ2n) is 5.15. The number of ether oxygens (including phenoxy) is 1. The van der Waals surface area contributed by atoms with E-state index in [0.29, 0.717) is 5.82 Å². The van der Waals surface area contributed by atoms with Gasteiger partial charge in [-0.2, -0.15) is 10.2 Å². The standard InChI is InChI=1S/C13H16N4O2/c1-13(2,3)10-8-9(12(18)19-4)16-17(10)11-6-5-7-14-15-11/h5-8H,1-4H3. The van der Waals surface area contributed by atoms with Gasteiger partial charge in [-0.25, -0.2) is 9.48 Å². The molecule has 0 aliphatic rings. The summed E-state index contributed by atoms with van der Waals surface area (Å²) in [6, 6.07) is 5.28. The van der Waals surface area contributed by atoms with Crippen molar-refractivity contribution in [2.75, 3.05) is 7.11 Å². The molecular formula is C13H16N4O2. The van der Waals surface area contributed by atoms with Gasteiger partial charge in [-0.3, -0.25) is 0 Å². The first kappa shape index (κ1) is 13.2. The molecule has 19 heavy (non-hydrogen) atoms. The molecule has 6 heteroatoms. The Morgan fingerprint density at radius 2 is 2.11 bits per heavy atom. The fourth-order valence-corrected chi connectivity index (χ4v) is 1.70. The number of rotatable bonds is 2. The Morgan fingerprint density at radius 3 is 2.63 bits per heavy atom. The molecule has 2 heterocycles. The molecule has 0 unspecified atom stereocenters. The SMILES string of the molecule is COC(=O)c1cc(C(C)(C)C)n(-c2cccnn2)n1. The summed E-state index contributed by atoms with van der Waals surface area (Å²) in [5.41, 5.74) is 0.947. The zero-order valence-electron chi connectivity index (χ0n) is 11.4. The Hall–Kier alpha value is -2.24. The quantitative estimate of drug-likeness (QED) is 0.769. The van der Waals surface area contributed by atoms with Crippen molar-refractivity contribution in [3.05, 3.63) is 35.8 Å². The van der Waals surface area contributed by atoms with Gasteiger partial charge in [-0.05, 0) is 18.2 Å². The van der Waals surface area contributed by atoms with Gasteiger partial charge in [0.2, 0.25) is 0 Å². The van der Waals surface area contributed by atoms with Gasteiger partial charge in [0.05, 0.1) is 12.8 Å². The zero-order chi connectivity index (χ0) is 14.0. The zero-order valence-corrected chi connectivity index (χ0v) is 11.4. The smallest absolute Gasteiger partial charge is 0.358 e. The Balaban J connectivity index is 2.59. The van der Waals surface area contributed by atoms with E-state index in [1.54, 1.807) is 29.1 Å². The number of hydrogen-bond acceptors (Lipinski definition) is 5. The molecule has 0 fully saturated rings. The van der Waals surface area contributed by atoms with Crippen LogP contribution < -0.4 is 0 Å². The van der Waals surface area contributed by atoms with E-state index in [0.717, 1.165) is 5.69 Å². The number of methoxy groups -OCH3 is 1. The van der Waals surface area contributed by atoms with E-state index < -0.39 is 5.97 Å². The van der Waals surface area contributed by atoms with Crippen LogP contribution in [0.15, 0.2) is 24.4 Å². The van der Waals surface area contributed by atoms with Crippen LogP contribution in [0.2, 0.25) is 0 Å². The molecular weight excluding hydrogens is 244 g/mol. The maximum absolute atomic E-state index is 11.6. The summed E-state index contributed by atoms with van der Waals surface area (Å²) < 4.78 is 6.33. The van der Waals surface area contributed by atoms with Crippen molar-refractivity contribution < 1.29 is 9.53 Å². The second kappa shape index (κ2) is 4.79. The number of carbonyl (C=O) groups excluding carboxylic acids is 1. The highest BCUT2D eigenvalue weighted by Crippen LogP contribution is 2.25. The third-order valence-electron chi connectivity index (χ3n) is 2.65. The van der Waals surface area contributed by atoms with E-state index in [4.69, 9.17) is 4.74 Å². The number of carbonyl (C=O) groups is 1. The molecule has 0 aliphatic carbocycles. The summed E-state index contributed by atoms with van der Waals surface area (Å²) in [4.78, 5) is 11.6. The molecule has 0 amide bonds. The average molecular weight is 260 g/mol. The molecule has 2 aromatic rings. The molecule has 0 saturated heterocycles. The summed E-state index contributed by atoms with van der Waals surface area (Å²) in [6.07, 6.45) is 1.59. The monoisotopic (exact) mass is 260 g/mol. The number of hydrogen-bond donors (Lipinski definition) is 0. The van der Waals surface area contributed by atoms with Crippen LogP contribution in [0.3, 0.4) is 0 Å². The molecule has 0 saturated carbocycles. The average Bonchev–Trinajstić information content (AvgIpc) is 2.84. The molecule has 2 aromatic heterocycles. The molecule has 2 rings (SSSR count). The highest BCUT2D eigenvalue weighted by atomic mass is 16.5. The van der Waals surface area contributed by atoms with Crippen LogP contribution in [0.1, 0.15) is 37.0 Å². The van der Waals surface area contributed by atoms with Crippen LogP contribution >= 0.6 is 0 Å². The lowest BCUT2D eigenvalue weighted by Gasteiger charge is -2.19. The second-order valence-corrected chi connectivity index (χ2v) is 5.15. The molecule has 0 bridgehead atoms. The summed E-state index contributed by atoms with van der Waals surface area (Å²) in [5.74, 6) is 0.107. The number of aromatic nitrogens is 4. The van der Waals surface area contributed by atoms with Crippen LogP contribution in [-0.2, 0) is 10.2 Å². The van der Waals surface area contributed by atoms with Crippen LogP contribution in [0.4, 0.5) is 0 Å². The Bertz CT molecular complexity index is 584. The van der Waals surface area contributed by atoms with Crippen molar-refractivity contribution in [3.63, 3.8) is 0 Å². The van der Waals surface area contributed by atoms with E-state index in [1.165, 1.54) is 7.11 Å². The summed E-state index contributed by atoms with van der Waals surface area (Å²) in [5, 5.41) is 12.1. The van der Waals surface area contributed by atoms with Gasteiger partial charge >= 0.3 is 5.97 Å². The maximum Gasteiger partial charge on any atom is 0.358 e. The molecule has 100 valence electrons. The van der Waals surface area contributed by atoms with E-state index >= 15 is 0 Å². The van der Waals surface area contributed by atoms with E-state index in [-0.39, 0.29) is 11.1 Å². The van der Waals surface area contributed by atoms with E-state index in [9.17, 15) is 4.79 Å². The summed E-state index contributed by atoms with van der Waals surface area (Å²) >= 11 is 0. The molecule has 0 N–H and O–H groups in total. The van der Waals surface area contributed by atoms with Gasteiger partial charge in [0.15, 0.2) is 11.5 Å². The van der Waals surface area contributed by atoms with Gasteiger partial charge in [-0.1, -0.05) is 20.8 Å². The van der Waals surface area contributed by atoms with Crippen molar-refractivity contribution in [2.24, 2.45) is 0 Å². The molecule has 0 spiro atoms. The predicted octanol–water partition coefficient (Wildman–Crippen LogP) is 1.75. The van der Waals surface area contributed by atoms with Crippen LogP contribution in [0.5, 0.6) is 0 Å². The van der Waals surface area contributed by atoms with Gasteiger partial charge in [0, 0.05) is 11.6 Å². The molecule has 0 radical (unpaired) electrons. The van der Waals surface area contributed by atoms with Gasteiger partial charge in [0.1, 0.15) is 0 Å². The van der Waals surface area contributed by atoms with Crippen molar-refractivity contribution in [1.29, 1.82) is 0 Å². The minimum absolute atomic E-state index is 0.184. The number of nitrogens with zero attached hydrogens (tertiary/aromatic N) is 4. The Labute approximate surface area is 111 Å². The highest BCUT2D eigenvalue weighted by molar-refractivity contribution is 5.87. The van der Waals surface area contributed by atoms with Gasteiger partial charge < -0.3 is 4.74 Å². The fraction of sp³-hybridized carbons (Fsp3) is 0.385. The lowest BCUT2D eigenvalue weighted by atomic mass is 9.92. The number of esters is 1. The molecule has 0 aliphatic heterocycles. The van der Waals surface area contributed by atoms with E-state index in [2.05, 4.69) is 15.3 Å². The highest BCUT2D eigenvalue weighted by Gasteiger charge is 2.24. The Kier molecular flexibility index (Phi) is 3.33. The normalized spacial score (nSPS) is 11.4. The first-order valence-corrected chi connectivity index (χ1v) is 5.90. The first-order chi connectivity index (χ1) is 8.93. The van der Waals surface area contributed by atoms with Crippen molar-refractivity contribution in [2.45, 2.75) is 26.2 Å². The third-order valence-corrected chi connectivity index (χ3v) is 2.65. The van der Waals surface area contributed by atoms with Crippen molar-refractivity contribution >= 4 is 5.97 Å². The lowest BCUT2D eigenvalue weighted by Crippen LogP contribution is -2.18. The fourth-order valence-electron chi connectivity index (χ4n) is 1.70. The summed E-state index contributed by atoms with van der Waals surface area (Å²) in [7, 11) is 1.33. The Morgan fingerprint density at radius 1 is 1.37 bits per heavy atom. The summed E-state index contributed by atoms with van der Waals surface area (Å²) in [6.45, 7) is 6.12. The lowest BCUT2D eigenvalue weighted by molar-refractivity contribution is 0.0593. The van der Waals surface area contributed by atoms with E-state index in [1.807, 2.05) is 20.8 Å². The van der Waals surface area contributed by atoms with Crippen molar-refractivity contribution in [1.82, 2.24) is 20.0 Å². The molecule has 6 nitrogen and oxygen atoms in total. The third kappa shape index (κ3) is 2.62. The minimum atomic E-state index is -0.465. The maximum atomic E-state index is 11.6. The first-order valence-electron chi connectivity index (χ1n) is 5.90. The predicted molar refractivity (Wildman–Crippen MR) is 69.2 cm³/mol. The van der Waals surface area contributed by atoms with Crippen LogP contribution in [0.25, 0.3) is 5.82 Å². The minimum Gasteiger partial charge on any atom is -0.464 e.